The van der Waals surface area contributed by atoms with Crippen molar-refractivity contribution in [1.82, 2.24) is 15.0 Å². The monoisotopic (exact) mass is 434 g/mol. The molecule has 6 nitrogen and oxygen atoms in total. The number of anilines is 2. The van der Waals surface area contributed by atoms with Gasteiger partial charge in [-0.15, -0.1) is 0 Å². The number of rotatable bonds is 8. The number of hydrogen-bond acceptors (Lipinski definition) is 6. The van der Waals surface area contributed by atoms with Crippen LogP contribution in [-0.4, -0.2) is 26.8 Å². The van der Waals surface area contributed by atoms with Crippen LogP contribution in [0.3, 0.4) is 0 Å². The molecule has 1 aromatic carbocycles. The molecular formula is C25H27FN4O2. The van der Waals surface area contributed by atoms with Crippen molar-refractivity contribution in [3.8, 4) is 5.75 Å². The van der Waals surface area contributed by atoms with Crippen LogP contribution < -0.4 is 10.1 Å². The predicted molar refractivity (Wildman–Crippen MR) is 121 cm³/mol. The molecule has 1 N–H and O–H groups in total. The Kier molecular flexibility index (Phi) is 6.73. The highest BCUT2D eigenvalue weighted by Crippen LogP contribution is 2.27. The van der Waals surface area contributed by atoms with Gasteiger partial charge in [-0.25, -0.2) is 14.4 Å². The zero-order valence-corrected chi connectivity index (χ0v) is 18.3. The third-order valence-electron chi connectivity index (χ3n) is 5.46. The van der Waals surface area contributed by atoms with Gasteiger partial charge in [-0.2, -0.15) is 0 Å². The van der Waals surface area contributed by atoms with Crippen LogP contribution in [0.15, 0.2) is 49.1 Å². The molecule has 32 heavy (non-hydrogen) atoms. The van der Waals surface area contributed by atoms with E-state index in [9.17, 15) is 9.18 Å². The molecule has 1 aliphatic rings. The molecule has 4 rings (SSSR count). The van der Waals surface area contributed by atoms with Crippen molar-refractivity contribution in [2.75, 3.05) is 5.32 Å². The molecule has 2 heterocycles. The van der Waals surface area contributed by atoms with E-state index in [0.717, 1.165) is 37.7 Å². The van der Waals surface area contributed by atoms with Gasteiger partial charge < -0.3 is 10.1 Å². The van der Waals surface area contributed by atoms with Crippen molar-refractivity contribution in [2.24, 2.45) is 5.92 Å². The molecule has 1 aliphatic carbocycles. The Morgan fingerprint density at radius 3 is 2.59 bits per heavy atom. The summed E-state index contributed by atoms with van der Waals surface area (Å²) in [6.07, 6.45) is 11.2. The summed E-state index contributed by atoms with van der Waals surface area (Å²) >= 11 is 0. The molecule has 0 saturated heterocycles. The van der Waals surface area contributed by atoms with E-state index < -0.39 is 0 Å². The van der Waals surface area contributed by atoms with Crippen LogP contribution in [0, 0.1) is 11.7 Å². The predicted octanol–water partition coefficient (Wildman–Crippen LogP) is 5.51. The van der Waals surface area contributed by atoms with Crippen molar-refractivity contribution < 1.29 is 13.9 Å². The summed E-state index contributed by atoms with van der Waals surface area (Å²) in [5.74, 6) is 0.545. The number of halogens is 1. The van der Waals surface area contributed by atoms with Crippen molar-refractivity contribution in [3.63, 3.8) is 0 Å². The number of ether oxygens (including phenoxy) is 1. The Balaban J connectivity index is 1.47. The maximum Gasteiger partial charge on any atom is 0.227 e. The maximum absolute atomic E-state index is 14.4. The summed E-state index contributed by atoms with van der Waals surface area (Å²) in [5.41, 5.74) is 1.99. The van der Waals surface area contributed by atoms with E-state index in [0.29, 0.717) is 22.8 Å². The first-order valence-corrected chi connectivity index (χ1v) is 11.0. The maximum atomic E-state index is 14.4. The lowest BCUT2D eigenvalue weighted by molar-refractivity contribution is 0.103. The molecule has 0 atom stereocenters. The van der Waals surface area contributed by atoms with E-state index in [-0.39, 0.29) is 29.3 Å². The number of nitrogens with one attached hydrogen (secondary N) is 1. The van der Waals surface area contributed by atoms with Gasteiger partial charge in [-0.05, 0) is 61.8 Å². The van der Waals surface area contributed by atoms with Crippen LogP contribution in [0.2, 0.25) is 0 Å². The summed E-state index contributed by atoms with van der Waals surface area (Å²) in [6, 6.07) is 6.74. The Morgan fingerprint density at radius 2 is 1.91 bits per heavy atom. The fraction of sp³-hybridized carbons (Fsp3) is 0.360. The first-order valence-electron chi connectivity index (χ1n) is 11.0. The first-order chi connectivity index (χ1) is 15.5. The molecule has 0 aliphatic heterocycles. The van der Waals surface area contributed by atoms with Crippen LogP contribution >= 0.6 is 0 Å². The van der Waals surface area contributed by atoms with Crippen LogP contribution in [-0.2, 0) is 6.42 Å². The third-order valence-corrected chi connectivity index (χ3v) is 5.46. The van der Waals surface area contributed by atoms with Crippen LogP contribution in [0.4, 0.5) is 16.0 Å². The fourth-order valence-corrected chi connectivity index (χ4v) is 3.89. The Hall–Kier alpha value is -3.35. The second-order valence-corrected chi connectivity index (χ2v) is 8.56. The van der Waals surface area contributed by atoms with Gasteiger partial charge in [-0.1, -0.05) is 19.9 Å². The second kappa shape index (κ2) is 9.85. The Labute approximate surface area is 187 Å². The highest BCUT2D eigenvalue weighted by atomic mass is 19.1. The standard InChI is InChI=1S/C25H27FN4O2/c1-16(2)11-17-7-8-22(21(26)12-17)30-25-28-13-18(14-29-25)24(31)20-9-10-27-15-23(20)32-19-5-3-4-6-19/h7-10,12-16,19H,3-6,11H2,1-2H3,(H,28,29,30). The van der Waals surface area contributed by atoms with Gasteiger partial charge >= 0.3 is 0 Å². The van der Waals surface area contributed by atoms with Crippen LogP contribution in [0.25, 0.3) is 0 Å². The van der Waals surface area contributed by atoms with Crippen LogP contribution in [0.5, 0.6) is 5.75 Å². The van der Waals surface area contributed by atoms with Gasteiger partial charge in [-0.3, -0.25) is 9.78 Å². The smallest absolute Gasteiger partial charge is 0.227 e. The number of carbonyl (C=O) groups is 1. The summed E-state index contributed by atoms with van der Waals surface area (Å²) in [5, 5.41) is 2.88. The molecule has 1 saturated carbocycles. The number of hydrogen-bond donors (Lipinski definition) is 1. The van der Waals surface area contributed by atoms with Gasteiger partial charge in [0.2, 0.25) is 5.95 Å². The number of aromatic nitrogens is 3. The number of benzene rings is 1. The Bertz CT molecular complexity index is 1080. The topological polar surface area (TPSA) is 77.0 Å². The molecule has 0 amide bonds. The molecule has 7 heteroatoms. The average Bonchev–Trinajstić information content (AvgIpc) is 3.29. The SMILES string of the molecule is CC(C)Cc1ccc(Nc2ncc(C(=O)c3ccncc3OC3CCCC3)cn2)c(F)c1. The van der Waals surface area contributed by atoms with Gasteiger partial charge in [0.15, 0.2) is 5.78 Å². The number of pyridine rings is 1. The van der Waals surface area contributed by atoms with Gasteiger partial charge in [0.25, 0.3) is 0 Å². The van der Waals surface area contributed by atoms with Crippen LogP contribution in [0.1, 0.15) is 61.0 Å². The lowest BCUT2D eigenvalue weighted by Crippen LogP contribution is -2.14. The van der Waals surface area contributed by atoms with Gasteiger partial charge in [0.05, 0.1) is 29.1 Å². The number of ketones is 1. The minimum Gasteiger partial charge on any atom is -0.488 e. The Morgan fingerprint density at radius 1 is 1.16 bits per heavy atom. The van der Waals surface area contributed by atoms with E-state index in [4.69, 9.17) is 4.74 Å². The molecule has 0 unspecified atom stereocenters. The minimum atomic E-state index is -0.364. The van der Waals surface area contributed by atoms with Crippen molar-refractivity contribution in [1.29, 1.82) is 0 Å². The van der Waals surface area contributed by atoms with E-state index in [1.807, 2.05) is 6.07 Å². The first kappa shape index (κ1) is 21.9. The molecule has 0 radical (unpaired) electrons. The van der Waals surface area contributed by atoms with Crippen molar-refractivity contribution in [3.05, 3.63) is 71.6 Å². The highest BCUT2D eigenvalue weighted by Gasteiger charge is 2.21. The number of carbonyl (C=O) groups excluding carboxylic acids is 1. The molecule has 0 bridgehead atoms. The number of nitrogens with zero attached hydrogens (tertiary/aromatic N) is 3. The van der Waals surface area contributed by atoms with Crippen molar-refractivity contribution >= 4 is 17.4 Å². The molecular weight excluding hydrogens is 407 g/mol. The summed E-state index contributed by atoms with van der Waals surface area (Å²) in [6.45, 7) is 4.19. The summed E-state index contributed by atoms with van der Waals surface area (Å²) in [4.78, 5) is 25.5. The summed E-state index contributed by atoms with van der Waals surface area (Å²) < 4.78 is 20.5. The van der Waals surface area contributed by atoms with E-state index in [1.54, 1.807) is 24.5 Å². The lowest BCUT2D eigenvalue weighted by Gasteiger charge is -2.15. The van der Waals surface area contributed by atoms with E-state index >= 15 is 0 Å². The van der Waals surface area contributed by atoms with Gasteiger partial charge in [0, 0.05) is 18.6 Å². The third kappa shape index (κ3) is 5.28. The minimum absolute atomic E-state index is 0.121. The van der Waals surface area contributed by atoms with Gasteiger partial charge in [0.1, 0.15) is 11.6 Å². The average molecular weight is 435 g/mol. The van der Waals surface area contributed by atoms with E-state index in [2.05, 4.69) is 34.1 Å². The largest absolute Gasteiger partial charge is 0.488 e. The fourth-order valence-electron chi connectivity index (χ4n) is 3.89. The highest BCUT2D eigenvalue weighted by molar-refractivity contribution is 6.10. The second-order valence-electron chi connectivity index (χ2n) is 8.56. The zero-order valence-electron chi connectivity index (χ0n) is 18.3. The van der Waals surface area contributed by atoms with Crippen molar-refractivity contribution in [2.45, 2.75) is 52.1 Å². The zero-order chi connectivity index (χ0) is 22.5. The molecule has 166 valence electrons. The van der Waals surface area contributed by atoms with E-state index in [1.165, 1.54) is 18.5 Å². The molecule has 0 spiro atoms. The quantitative estimate of drug-likeness (QED) is 0.472. The summed E-state index contributed by atoms with van der Waals surface area (Å²) in [7, 11) is 0. The molecule has 3 aromatic rings. The normalized spacial score (nSPS) is 14.0. The molecule has 1 fully saturated rings. The molecule has 2 aromatic heterocycles. The lowest BCUT2D eigenvalue weighted by atomic mass is 10.0.